The fourth-order valence-electron chi connectivity index (χ4n) is 3.44. The minimum Gasteiger partial charge on any atom is -0.338 e. The second-order valence-electron chi connectivity index (χ2n) is 7.35. The van der Waals surface area contributed by atoms with Crippen molar-refractivity contribution in [3.8, 4) is 0 Å². The van der Waals surface area contributed by atoms with Crippen LogP contribution in [0.2, 0.25) is 0 Å². The second kappa shape index (κ2) is 8.71. The van der Waals surface area contributed by atoms with Crippen molar-refractivity contribution >= 4 is 17.6 Å². The van der Waals surface area contributed by atoms with E-state index in [-0.39, 0.29) is 23.9 Å². The molecule has 2 aromatic rings. The molecular formula is C22H27N3O2. The summed E-state index contributed by atoms with van der Waals surface area (Å²) in [5, 5.41) is 5.99. The molecule has 1 unspecified atom stereocenters. The van der Waals surface area contributed by atoms with E-state index in [1.165, 1.54) is 0 Å². The van der Waals surface area contributed by atoms with Crippen molar-refractivity contribution < 1.29 is 9.59 Å². The SMILES string of the molecule is CC(C)C(NC(=O)Nc1cccc(CN2CCCC2=O)c1)c1ccccc1. The normalized spacial score (nSPS) is 15.1. The highest BCUT2D eigenvalue weighted by Gasteiger charge is 2.20. The Morgan fingerprint density at radius 2 is 1.89 bits per heavy atom. The zero-order valence-electron chi connectivity index (χ0n) is 15.9. The largest absolute Gasteiger partial charge is 0.338 e. The van der Waals surface area contributed by atoms with E-state index in [0.29, 0.717) is 13.0 Å². The highest BCUT2D eigenvalue weighted by atomic mass is 16.2. The van der Waals surface area contributed by atoms with E-state index in [1.54, 1.807) is 0 Å². The van der Waals surface area contributed by atoms with Gasteiger partial charge in [-0.3, -0.25) is 4.79 Å². The van der Waals surface area contributed by atoms with Gasteiger partial charge in [0, 0.05) is 25.2 Å². The standard InChI is InChI=1S/C22H27N3O2/c1-16(2)21(18-9-4-3-5-10-18)24-22(27)23-19-11-6-8-17(14-19)15-25-13-7-12-20(25)26/h3-6,8-11,14,16,21H,7,12-13,15H2,1-2H3,(H2,23,24,27). The minimum absolute atomic E-state index is 0.0587. The summed E-state index contributed by atoms with van der Waals surface area (Å²) in [5.41, 5.74) is 2.84. The molecule has 0 aliphatic carbocycles. The van der Waals surface area contributed by atoms with Crippen molar-refractivity contribution in [3.05, 3.63) is 65.7 Å². The molecule has 1 aliphatic rings. The molecular weight excluding hydrogens is 338 g/mol. The monoisotopic (exact) mass is 365 g/mol. The second-order valence-corrected chi connectivity index (χ2v) is 7.35. The lowest BCUT2D eigenvalue weighted by molar-refractivity contribution is -0.128. The number of rotatable bonds is 6. The molecule has 3 amide bonds. The number of hydrogen-bond acceptors (Lipinski definition) is 2. The quantitative estimate of drug-likeness (QED) is 0.800. The molecule has 1 heterocycles. The van der Waals surface area contributed by atoms with Gasteiger partial charge in [-0.2, -0.15) is 0 Å². The lowest BCUT2D eigenvalue weighted by Gasteiger charge is -2.23. The smallest absolute Gasteiger partial charge is 0.319 e. The van der Waals surface area contributed by atoms with Crippen molar-refractivity contribution in [2.24, 2.45) is 5.92 Å². The van der Waals surface area contributed by atoms with Gasteiger partial charge in [-0.25, -0.2) is 4.79 Å². The molecule has 1 fully saturated rings. The third kappa shape index (κ3) is 5.09. The van der Waals surface area contributed by atoms with Gasteiger partial charge in [-0.1, -0.05) is 56.3 Å². The Balaban J connectivity index is 1.63. The third-order valence-electron chi connectivity index (χ3n) is 4.84. The Hall–Kier alpha value is -2.82. The van der Waals surface area contributed by atoms with Gasteiger partial charge in [0.15, 0.2) is 0 Å². The lowest BCUT2D eigenvalue weighted by atomic mass is 9.96. The van der Waals surface area contributed by atoms with Crippen LogP contribution in [0.4, 0.5) is 10.5 Å². The van der Waals surface area contributed by atoms with Crippen LogP contribution in [0.1, 0.15) is 43.9 Å². The van der Waals surface area contributed by atoms with Gasteiger partial charge < -0.3 is 15.5 Å². The molecule has 0 aromatic heterocycles. The van der Waals surface area contributed by atoms with Crippen molar-refractivity contribution in [2.45, 2.75) is 39.3 Å². The molecule has 2 aromatic carbocycles. The zero-order valence-corrected chi connectivity index (χ0v) is 15.9. The number of likely N-dealkylation sites (tertiary alicyclic amines) is 1. The highest BCUT2D eigenvalue weighted by Crippen LogP contribution is 2.22. The molecule has 1 saturated heterocycles. The molecule has 0 radical (unpaired) electrons. The summed E-state index contributed by atoms with van der Waals surface area (Å²) in [4.78, 5) is 26.2. The molecule has 0 spiro atoms. The summed E-state index contributed by atoms with van der Waals surface area (Å²) in [5.74, 6) is 0.472. The fraction of sp³-hybridized carbons (Fsp3) is 0.364. The molecule has 1 aliphatic heterocycles. The maximum atomic E-state index is 12.5. The summed E-state index contributed by atoms with van der Waals surface area (Å²) >= 11 is 0. The average molecular weight is 365 g/mol. The molecule has 0 saturated carbocycles. The fourth-order valence-corrected chi connectivity index (χ4v) is 3.44. The van der Waals surface area contributed by atoms with Crippen LogP contribution >= 0.6 is 0 Å². The van der Waals surface area contributed by atoms with Gasteiger partial charge in [0.2, 0.25) is 5.91 Å². The lowest BCUT2D eigenvalue weighted by Crippen LogP contribution is -2.35. The van der Waals surface area contributed by atoms with Gasteiger partial charge in [0.05, 0.1) is 6.04 Å². The van der Waals surface area contributed by atoms with E-state index in [1.807, 2.05) is 59.5 Å². The first kappa shape index (κ1) is 19.0. The average Bonchev–Trinajstić information content (AvgIpc) is 3.05. The summed E-state index contributed by atoms with van der Waals surface area (Å²) in [6.07, 6.45) is 1.56. The van der Waals surface area contributed by atoms with E-state index < -0.39 is 0 Å². The first-order valence-corrected chi connectivity index (χ1v) is 9.52. The molecule has 0 bridgehead atoms. The van der Waals surface area contributed by atoms with Gasteiger partial charge in [-0.15, -0.1) is 0 Å². The molecule has 27 heavy (non-hydrogen) atoms. The number of nitrogens with zero attached hydrogens (tertiary/aromatic N) is 1. The number of carbonyl (C=O) groups is 2. The highest BCUT2D eigenvalue weighted by molar-refractivity contribution is 5.89. The Kier molecular flexibility index (Phi) is 6.12. The number of nitrogens with one attached hydrogen (secondary N) is 2. The van der Waals surface area contributed by atoms with Crippen LogP contribution in [0.25, 0.3) is 0 Å². The Bertz CT molecular complexity index is 789. The van der Waals surface area contributed by atoms with Gasteiger partial charge in [0.25, 0.3) is 0 Å². The molecule has 1 atom stereocenters. The number of hydrogen-bond donors (Lipinski definition) is 2. The van der Waals surface area contributed by atoms with Crippen molar-refractivity contribution in [2.75, 3.05) is 11.9 Å². The van der Waals surface area contributed by atoms with Crippen LogP contribution in [0, 0.1) is 5.92 Å². The third-order valence-corrected chi connectivity index (χ3v) is 4.84. The molecule has 142 valence electrons. The first-order valence-electron chi connectivity index (χ1n) is 9.52. The topological polar surface area (TPSA) is 61.4 Å². The van der Waals surface area contributed by atoms with Crippen molar-refractivity contribution in [1.29, 1.82) is 0 Å². The van der Waals surface area contributed by atoms with Crippen LogP contribution in [-0.4, -0.2) is 23.4 Å². The van der Waals surface area contributed by atoms with Crippen molar-refractivity contribution in [3.63, 3.8) is 0 Å². The van der Waals surface area contributed by atoms with Gasteiger partial charge in [-0.05, 0) is 35.6 Å². The summed E-state index contributed by atoms with van der Waals surface area (Å²) in [7, 11) is 0. The van der Waals surface area contributed by atoms with E-state index in [0.717, 1.165) is 29.8 Å². The summed E-state index contributed by atoms with van der Waals surface area (Å²) < 4.78 is 0. The van der Waals surface area contributed by atoms with E-state index in [2.05, 4.69) is 24.5 Å². The minimum atomic E-state index is -0.230. The van der Waals surface area contributed by atoms with Crippen LogP contribution in [0.5, 0.6) is 0 Å². The van der Waals surface area contributed by atoms with Crippen molar-refractivity contribution in [1.82, 2.24) is 10.2 Å². The molecule has 5 nitrogen and oxygen atoms in total. The number of urea groups is 1. The number of benzene rings is 2. The predicted molar refractivity (Wildman–Crippen MR) is 107 cm³/mol. The Morgan fingerprint density at radius 3 is 2.56 bits per heavy atom. The maximum absolute atomic E-state index is 12.5. The van der Waals surface area contributed by atoms with E-state index in [9.17, 15) is 9.59 Å². The van der Waals surface area contributed by atoms with Crippen LogP contribution in [-0.2, 0) is 11.3 Å². The molecule has 2 N–H and O–H groups in total. The van der Waals surface area contributed by atoms with Crippen LogP contribution in [0.15, 0.2) is 54.6 Å². The Labute approximate surface area is 160 Å². The number of amides is 3. The number of anilines is 1. The molecule has 5 heteroatoms. The summed E-state index contributed by atoms with van der Waals surface area (Å²) in [6, 6.07) is 17.4. The van der Waals surface area contributed by atoms with Gasteiger partial charge in [0.1, 0.15) is 0 Å². The van der Waals surface area contributed by atoms with E-state index >= 15 is 0 Å². The predicted octanol–water partition coefficient (Wildman–Crippen LogP) is 4.33. The van der Waals surface area contributed by atoms with Crippen LogP contribution in [0.3, 0.4) is 0 Å². The van der Waals surface area contributed by atoms with E-state index in [4.69, 9.17) is 0 Å². The summed E-state index contributed by atoms with van der Waals surface area (Å²) in [6.45, 7) is 5.58. The number of carbonyl (C=O) groups excluding carboxylic acids is 2. The first-order chi connectivity index (χ1) is 13.0. The van der Waals surface area contributed by atoms with Crippen LogP contribution < -0.4 is 10.6 Å². The Morgan fingerprint density at radius 1 is 1.11 bits per heavy atom. The zero-order chi connectivity index (χ0) is 19.2. The van der Waals surface area contributed by atoms with Gasteiger partial charge >= 0.3 is 6.03 Å². The molecule has 3 rings (SSSR count). The maximum Gasteiger partial charge on any atom is 0.319 e.